The molecule has 1 saturated carbocycles. The van der Waals surface area contributed by atoms with E-state index in [1.807, 2.05) is 0 Å². The maximum absolute atomic E-state index is 13.6. The fourth-order valence-corrected chi connectivity index (χ4v) is 2.44. The number of carboxylic acids is 1. The van der Waals surface area contributed by atoms with Crippen molar-refractivity contribution in [1.29, 1.82) is 0 Å². The van der Waals surface area contributed by atoms with Gasteiger partial charge in [-0.05, 0) is 37.0 Å². The Bertz CT molecular complexity index is 428. The predicted molar refractivity (Wildman–Crippen MR) is 68.4 cm³/mol. The highest BCUT2D eigenvalue weighted by Crippen LogP contribution is 2.24. The van der Waals surface area contributed by atoms with Crippen LogP contribution in [0.25, 0.3) is 0 Å². The first-order chi connectivity index (χ1) is 8.66. The Morgan fingerprint density at radius 2 is 2.06 bits per heavy atom. The lowest BCUT2D eigenvalue weighted by molar-refractivity contribution is 0.0696. The van der Waals surface area contributed by atoms with Crippen molar-refractivity contribution in [2.24, 2.45) is 5.92 Å². The van der Waals surface area contributed by atoms with Gasteiger partial charge in [-0.1, -0.05) is 19.3 Å². The summed E-state index contributed by atoms with van der Waals surface area (Å²) in [6, 6.07) is 3.99. The van der Waals surface area contributed by atoms with Crippen LogP contribution in [-0.4, -0.2) is 17.6 Å². The quantitative estimate of drug-likeness (QED) is 0.860. The molecule has 2 rings (SSSR count). The van der Waals surface area contributed by atoms with E-state index in [9.17, 15) is 9.18 Å². The Balaban J connectivity index is 1.94. The molecule has 0 bridgehead atoms. The highest BCUT2D eigenvalue weighted by molar-refractivity contribution is 5.88. The van der Waals surface area contributed by atoms with Gasteiger partial charge in [-0.2, -0.15) is 0 Å². The van der Waals surface area contributed by atoms with Crippen molar-refractivity contribution < 1.29 is 14.3 Å². The van der Waals surface area contributed by atoms with Crippen LogP contribution < -0.4 is 5.32 Å². The van der Waals surface area contributed by atoms with Crippen molar-refractivity contribution in [1.82, 2.24) is 0 Å². The minimum atomic E-state index is -1.10. The summed E-state index contributed by atoms with van der Waals surface area (Å²) >= 11 is 0. The standard InChI is InChI=1S/C14H18FNO2/c15-12-8-11(14(17)18)6-7-13(12)16-9-10-4-2-1-3-5-10/h6-8,10,16H,1-5,9H2,(H,17,18). The molecule has 2 N–H and O–H groups in total. The van der Waals surface area contributed by atoms with Crippen LogP contribution in [0.2, 0.25) is 0 Å². The third-order valence-corrected chi connectivity index (χ3v) is 3.52. The van der Waals surface area contributed by atoms with E-state index in [1.54, 1.807) is 0 Å². The average Bonchev–Trinajstić information content (AvgIpc) is 2.38. The molecular weight excluding hydrogens is 233 g/mol. The lowest BCUT2D eigenvalue weighted by Crippen LogP contribution is -2.17. The summed E-state index contributed by atoms with van der Waals surface area (Å²) < 4.78 is 13.6. The Labute approximate surface area is 106 Å². The zero-order chi connectivity index (χ0) is 13.0. The van der Waals surface area contributed by atoms with Gasteiger partial charge >= 0.3 is 5.97 Å². The molecule has 1 fully saturated rings. The summed E-state index contributed by atoms with van der Waals surface area (Å²) in [4.78, 5) is 10.7. The second-order valence-corrected chi connectivity index (χ2v) is 4.88. The average molecular weight is 251 g/mol. The second kappa shape index (κ2) is 5.85. The molecule has 0 unspecified atom stereocenters. The molecule has 0 atom stereocenters. The lowest BCUT2D eigenvalue weighted by Gasteiger charge is -2.22. The third-order valence-electron chi connectivity index (χ3n) is 3.52. The minimum Gasteiger partial charge on any atom is -0.478 e. The Hall–Kier alpha value is -1.58. The van der Waals surface area contributed by atoms with E-state index in [4.69, 9.17) is 5.11 Å². The first kappa shape index (κ1) is 12.9. The van der Waals surface area contributed by atoms with Gasteiger partial charge in [0.2, 0.25) is 0 Å². The van der Waals surface area contributed by atoms with Gasteiger partial charge in [0, 0.05) is 6.54 Å². The van der Waals surface area contributed by atoms with Crippen molar-refractivity contribution in [2.45, 2.75) is 32.1 Å². The molecule has 4 heteroatoms. The van der Waals surface area contributed by atoms with Crippen molar-refractivity contribution in [3.8, 4) is 0 Å². The molecule has 18 heavy (non-hydrogen) atoms. The highest BCUT2D eigenvalue weighted by Gasteiger charge is 2.14. The van der Waals surface area contributed by atoms with Crippen molar-refractivity contribution in [2.75, 3.05) is 11.9 Å². The Morgan fingerprint density at radius 1 is 1.33 bits per heavy atom. The van der Waals surface area contributed by atoms with Crippen LogP contribution in [-0.2, 0) is 0 Å². The van der Waals surface area contributed by atoms with E-state index in [1.165, 1.54) is 44.2 Å². The highest BCUT2D eigenvalue weighted by atomic mass is 19.1. The molecule has 0 spiro atoms. The van der Waals surface area contributed by atoms with E-state index in [-0.39, 0.29) is 5.56 Å². The van der Waals surface area contributed by atoms with Crippen molar-refractivity contribution in [3.05, 3.63) is 29.6 Å². The molecule has 0 amide bonds. The van der Waals surface area contributed by atoms with E-state index in [0.29, 0.717) is 11.6 Å². The number of benzene rings is 1. The fraction of sp³-hybridized carbons (Fsp3) is 0.500. The number of halogens is 1. The van der Waals surface area contributed by atoms with Gasteiger partial charge in [0.1, 0.15) is 5.82 Å². The predicted octanol–water partition coefficient (Wildman–Crippen LogP) is 3.52. The first-order valence-corrected chi connectivity index (χ1v) is 6.43. The number of rotatable bonds is 4. The molecule has 1 aliphatic rings. The van der Waals surface area contributed by atoms with Crippen LogP contribution in [0.15, 0.2) is 18.2 Å². The van der Waals surface area contributed by atoms with Crippen molar-refractivity contribution >= 4 is 11.7 Å². The molecule has 0 aliphatic heterocycles. The molecule has 98 valence electrons. The summed E-state index contributed by atoms with van der Waals surface area (Å²) in [7, 11) is 0. The summed E-state index contributed by atoms with van der Waals surface area (Å²) in [6.45, 7) is 0.767. The number of nitrogens with one attached hydrogen (secondary N) is 1. The maximum atomic E-state index is 13.6. The Morgan fingerprint density at radius 3 is 2.67 bits per heavy atom. The molecule has 0 radical (unpaired) electrons. The number of aromatic carboxylic acids is 1. The fourth-order valence-electron chi connectivity index (χ4n) is 2.44. The lowest BCUT2D eigenvalue weighted by atomic mass is 9.89. The number of hydrogen-bond acceptors (Lipinski definition) is 2. The molecule has 0 heterocycles. The molecule has 0 aromatic heterocycles. The van der Waals surface area contributed by atoms with Gasteiger partial charge in [0.25, 0.3) is 0 Å². The number of anilines is 1. The second-order valence-electron chi connectivity index (χ2n) is 4.88. The zero-order valence-electron chi connectivity index (χ0n) is 10.3. The van der Waals surface area contributed by atoms with Crippen LogP contribution in [0.5, 0.6) is 0 Å². The Kier molecular flexibility index (Phi) is 4.18. The van der Waals surface area contributed by atoms with Gasteiger partial charge < -0.3 is 10.4 Å². The smallest absolute Gasteiger partial charge is 0.335 e. The van der Waals surface area contributed by atoms with Gasteiger partial charge in [-0.25, -0.2) is 9.18 Å². The number of carbonyl (C=O) groups is 1. The van der Waals surface area contributed by atoms with Crippen LogP contribution in [0.3, 0.4) is 0 Å². The summed E-state index contributed by atoms with van der Waals surface area (Å²) in [5, 5.41) is 11.8. The van der Waals surface area contributed by atoms with Crippen LogP contribution in [0, 0.1) is 11.7 Å². The minimum absolute atomic E-state index is 0.0179. The van der Waals surface area contributed by atoms with Gasteiger partial charge in [0.05, 0.1) is 11.3 Å². The van der Waals surface area contributed by atoms with Crippen LogP contribution >= 0.6 is 0 Å². The van der Waals surface area contributed by atoms with E-state index in [2.05, 4.69) is 5.32 Å². The zero-order valence-corrected chi connectivity index (χ0v) is 10.3. The molecule has 1 aliphatic carbocycles. The maximum Gasteiger partial charge on any atom is 0.335 e. The third kappa shape index (κ3) is 3.22. The first-order valence-electron chi connectivity index (χ1n) is 6.43. The van der Waals surface area contributed by atoms with E-state index in [0.717, 1.165) is 12.6 Å². The normalized spacial score (nSPS) is 16.5. The molecule has 3 nitrogen and oxygen atoms in total. The van der Waals surface area contributed by atoms with Crippen LogP contribution in [0.4, 0.5) is 10.1 Å². The molecular formula is C14H18FNO2. The van der Waals surface area contributed by atoms with Gasteiger partial charge in [0.15, 0.2) is 0 Å². The van der Waals surface area contributed by atoms with Crippen LogP contribution in [0.1, 0.15) is 42.5 Å². The molecule has 0 saturated heterocycles. The summed E-state index contributed by atoms with van der Waals surface area (Å²) in [6.07, 6.45) is 6.21. The monoisotopic (exact) mass is 251 g/mol. The molecule has 1 aromatic carbocycles. The summed E-state index contributed by atoms with van der Waals surface area (Å²) in [5.74, 6) is -0.990. The molecule has 1 aromatic rings. The van der Waals surface area contributed by atoms with Crippen molar-refractivity contribution in [3.63, 3.8) is 0 Å². The largest absolute Gasteiger partial charge is 0.478 e. The van der Waals surface area contributed by atoms with E-state index >= 15 is 0 Å². The van der Waals surface area contributed by atoms with E-state index < -0.39 is 11.8 Å². The number of hydrogen-bond donors (Lipinski definition) is 2. The SMILES string of the molecule is O=C(O)c1ccc(NCC2CCCCC2)c(F)c1. The number of carboxylic acid groups (broad SMARTS) is 1. The summed E-state index contributed by atoms with van der Waals surface area (Å²) in [5.41, 5.74) is 0.376. The topological polar surface area (TPSA) is 49.3 Å². The van der Waals surface area contributed by atoms with Gasteiger partial charge in [-0.3, -0.25) is 0 Å². The van der Waals surface area contributed by atoms with Gasteiger partial charge in [-0.15, -0.1) is 0 Å².